The van der Waals surface area contributed by atoms with E-state index in [-0.39, 0.29) is 5.82 Å². The first kappa shape index (κ1) is 15.0. The second kappa shape index (κ2) is 6.43. The van der Waals surface area contributed by atoms with E-state index in [4.69, 9.17) is 0 Å². The third-order valence-corrected chi connectivity index (χ3v) is 5.15. The summed E-state index contributed by atoms with van der Waals surface area (Å²) < 4.78 is 26.9. The van der Waals surface area contributed by atoms with Gasteiger partial charge in [-0.1, -0.05) is 19.4 Å². The zero-order chi connectivity index (χ0) is 14.8. The fourth-order valence-corrected chi connectivity index (χ4v) is 3.66. The van der Waals surface area contributed by atoms with Gasteiger partial charge < -0.3 is 5.32 Å². The van der Waals surface area contributed by atoms with E-state index in [9.17, 15) is 8.78 Å². The number of hydrogen-bond donors (Lipinski definition) is 1. The van der Waals surface area contributed by atoms with Crippen molar-refractivity contribution in [1.29, 1.82) is 0 Å². The fraction of sp³-hybridized carbons (Fsp3) is 0.667. The highest BCUT2D eigenvalue weighted by Crippen LogP contribution is 2.36. The molecule has 3 rings (SSSR count). The number of hydrogen-bond acceptors (Lipinski definition) is 1. The molecule has 0 spiro atoms. The van der Waals surface area contributed by atoms with Crippen molar-refractivity contribution in [1.82, 2.24) is 5.32 Å². The molecule has 0 amide bonds. The van der Waals surface area contributed by atoms with E-state index in [2.05, 4.69) is 12.2 Å². The molecule has 1 aromatic carbocycles. The van der Waals surface area contributed by atoms with Crippen molar-refractivity contribution in [2.75, 3.05) is 6.54 Å². The van der Waals surface area contributed by atoms with Gasteiger partial charge in [0.2, 0.25) is 0 Å². The SMILES string of the molecule is CC1CCC(CNC2CC2)C(Cc2ccc(F)cc2F)C1. The van der Waals surface area contributed by atoms with Crippen molar-refractivity contribution in [3.63, 3.8) is 0 Å². The maximum atomic E-state index is 13.9. The lowest BCUT2D eigenvalue weighted by molar-refractivity contribution is 0.182. The van der Waals surface area contributed by atoms with Crippen molar-refractivity contribution in [3.8, 4) is 0 Å². The zero-order valence-electron chi connectivity index (χ0n) is 12.7. The van der Waals surface area contributed by atoms with Crippen LogP contribution >= 0.6 is 0 Å². The highest BCUT2D eigenvalue weighted by atomic mass is 19.1. The van der Waals surface area contributed by atoms with Gasteiger partial charge in [0, 0.05) is 12.1 Å². The molecule has 2 saturated carbocycles. The summed E-state index contributed by atoms with van der Waals surface area (Å²) in [6.45, 7) is 3.35. The summed E-state index contributed by atoms with van der Waals surface area (Å²) >= 11 is 0. The van der Waals surface area contributed by atoms with E-state index in [1.165, 1.54) is 31.7 Å². The van der Waals surface area contributed by atoms with Crippen LogP contribution in [0.2, 0.25) is 0 Å². The van der Waals surface area contributed by atoms with Crippen molar-refractivity contribution in [2.45, 2.75) is 51.5 Å². The second-order valence-electron chi connectivity index (χ2n) is 7.06. The monoisotopic (exact) mass is 293 g/mol. The van der Waals surface area contributed by atoms with Crippen LogP contribution in [0.4, 0.5) is 8.78 Å². The molecule has 2 fully saturated rings. The molecule has 1 N–H and O–H groups in total. The topological polar surface area (TPSA) is 12.0 Å². The summed E-state index contributed by atoms with van der Waals surface area (Å²) in [6, 6.07) is 4.74. The van der Waals surface area contributed by atoms with E-state index in [0.717, 1.165) is 37.4 Å². The van der Waals surface area contributed by atoms with E-state index in [1.807, 2.05) is 0 Å². The average molecular weight is 293 g/mol. The molecular formula is C18H25F2N. The molecule has 3 heteroatoms. The van der Waals surface area contributed by atoms with Crippen molar-refractivity contribution in [3.05, 3.63) is 35.4 Å². The summed E-state index contributed by atoms with van der Waals surface area (Å²) in [7, 11) is 0. The molecule has 0 aromatic heterocycles. The third kappa shape index (κ3) is 4.03. The summed E-state index contributed by atoms with van der Waals surface area (Å²) in [5.74, 6) is 0.990. The Bertz CT molecular complexity index is 484. The molecule has 0 heterocycles. The van der Waals surface area contributed by atoms with Crippen molar-refractivity contribution in [2.24, 2.45) is 17.8 Å². The van der Waals surface area contributed by atoms with Crippen LogP contribution in [0.5, 0.6) is 0 Å². The molecule has 1 nitrogen and oxygen atoms in total. The smallest absolute Gasteiger partial charge is 0.129 e. The minimum atomic E-state index is -0.486. The minimum absolute atomic E-state index is 0.387. The Balaban J connectivity index is 1.65. The first-order valence-corrected chi connectivity index (χ1v) is 8.29. The van der Waals surface area contributed by atoms with E-state index < -0.39 is 5.82 Å². The molecule has 3 atom stereocenters. The molecule has 0 radical (unpaired) electrons. The van der Waals surface area contributed by atoms with Crippen LogP contribution in [0.15, 0.2) is 18.2 Å². The van der Waals surface area contributed by atoms with Crippen LogP contribution in [-0.4, -0.2) is 12.6 Å². The summed E-state index contributed by atoms with van der Waals surface area (Å²) in [4.78, 5) is 0. The van der Waals surface area contributed by atoms with Gasteiger partial charge in [0.1, 0.15) is 11.6 Å². The Kier molecular flexibility index (Phi) is 4.58. The van der Waals surface area contributed by atoms with Gasteiger partial charge in [0.05, 0.1) is 0 Å². The van der Waals surface area contributed by atoms with E-state index >= 15 is 0 Å². The van der Waals surface area contributed by atoms with Crippen LogP contribution in [0, 0.1) is 29.4 Å². The van der Waals surface area contributed by atoms with Crippen LogP contribution in [0.25, 0.3) is 0 Å². The Morgan fingerprint density at radius 1 is 1.10 bits per heavy atom. The predicted molar refractivity (Wildman–Crippen MR) is 81.1 cm³/mol. The maximum absolute atomic E-state index is 13.9. The molecule has 2 aliphatic carbocycles. The highest BCUT2D eigenvalue weighted by molar-refractivity contribution is 5.19. The maximum Gasteiger partial charge on any atom is 0.129 e. The first-order valence-electron chi connectivity index (χ1n) is 8.29. The molecular weight excluding hydrogens is 268 g/mol. The molecule has 0 bridgehead atoms. The summed E-state index contributed by atoms with van der Waals surface area (Å²) in [6.07, 6.45) is 7.02. The normalized spacial score (nSPS) is 29.6. The molecule has 0 aliphatic heterocycles. The van der Waals surface area contributed by atoms with Crippen molar-refractivity contribution < 1.29 is 8.78 Å². The van der Waals surface area contributed by atoms with Crippen molar-refractivity contribution >= 4 is 0 Å². The van der Waals surface area contributed by atoms with Crippen LogP contribution in [0.3, 0.4) is 0 Å². The number of nitrogens with one attached hydrogen (secondary N) is 1. The quantitative estimate of drug-likeness (QED) is 0.853. The molecule has 1 aromatic rings. The van der Waals surface area contributed by atoms with Gasteiger partial charge in [-0.3, -0.25) is 0 Å². The molecule has 21 heavy (non-hydrogen) atoms. The molecule has 3 unspecified atom stereocenters. The van der Waals surface area contributed by atoms with E-state index in [1.54, 1.807) is 6.07 Å². The molecule has 0 saturated heterocycles. The summed E-state index contributed by atoms with van der Waals surface area (Å²) in [5.41, 5.74) is 0.673. The Labute approximate surface area is 126 Å². The first-order chi connectivity index (χ1) is 10.1. The number of halogens is 2. The largest absolute Gasteiger partial charge is 0.314 e. The van der Waals surface area contributed by atoms with E-state index in [0.29, 0.717) is 17.4 Å². The Morgan fingerprint density at radius 3 is 2.62 bits per heavy atom. The average Bonchev–Trinajstić information content (AvgIpc) is 3.25. The van der Waals surface area contributed by atoms with Gasteiger partial charge in [-0.15, -0.1) is 0 Å². The Hall–Kier alpha value is -0.960. The lowest BCUT2D eigenvalue weighted by atomic mass is 9.72. The lowest BCUT2D eigenvalue weighted by Gasteiger charge is -2.35. The van der Waals surface area contributed by atoms with Gasteiger partial charge in [-0.2, -0.15) is 0 Å². The van der Waals surface area contributed by atoms with Gasteiger partial charge in [-0.05, 0) is 68.0 Å². The van der Waals surface area contributed by atoms with Gasteiger partial charge in [0.15, 0.2) is 0 Å². The Morgan fingerprint density at radius 2 is 1.90 bits per heavy atom. The van der Waals surface area contributed by atoms with Gasteiger partial charge in [-0.25, -0.2) is 8.78 Å². The number of rotatable bonds is 5. The fourth-order valence-electron chi connectivity index (χ4n) is 3.66. The minimum Gasteiger partial charge on any atom is -0.314 e. The highest BCUT2D eigenvalue weighted by Gasteiger charge is 2.31. The molecule has 116 valence electrons. The zero-order valence-corrected chi connectivity index (χ0v) is 12.7. The van der Waals surface area contributed by atoms with Crippen LogP contribution in [0.1, 0.15) is 44.6 Å². The number of benzene rings is 1. The lowest BCUT2D eigenvalue weighted by Crippen LogP contribution is -2.34. The van der Waals surface area contributed by atoms with Gasteiger partial charge >= 0.3 is 0 Å². The standard InChI is InChI=1S/C18H25F2N/c1-12-2-3-14(11-21-17-6-7-17)15(8-12)9-13-4-5-16(19)10-18(13)20/h4-5,10,12,14-15,17,21H,2-3,6-9,11H2,1H3. The van der Waals surface area contributed by atoms with Gasteiger partial charge in [0.25, 0.3) is 0 Å². The summed E-state index contributed by atoms with van der Waals surface area (Å²) in [5, 5.41) is 3.63. The third-order valence-electron chi connectivity index (χ3n) is 5.15. The van der Waals surface area contributed by atoms with Crippen LogP contribution in [-0.2, 0) is 6.42 Å². The predicted octanol–water partition coefficient (Wildman–Crippen LogP) is 4.31. The molecule has 2 aliphatic rings. The van der Waals surface area contributed by atoms with Crippen LogP contribution < -0.4 is 5.32 Å². The second-order valence-corrected chi connectivity index (χ2v) is 7.06.